The molecule has 3 N–H and O–H groups in total. The summed E-state index contributed by atoms with van der Waals surface area (Å²) in [5.74, 6) is -2.79. The molecule has 0 spiro atoms. The molecule has 186 valence electrons. The van der Waals surface area contributed by atoms with Crippen LogP contribution < -0.4 is 10.6 Å². The molecule has 1 aliphatic carbocycles. The van der Waals surface area contributed by atoms with Gasteiger partial charge in [0, 0.05) is 21.5 Å². The first-order valence-corrected chi connectivity index (χ1v) is 13.3. The molecule has 0 fully saturated rings. The SMILES string of the molecule is Cc1ccc(-c2csc(NC(=O)C(C)Sc3cccc(NC(=O)C4CC=CCC4C(=O)O)c3)n2)cc1. The van der Waals surface area contributed by atoms with E-state index in [0.29, 0.717) is 23.7 Å². The van der Waals surface area contributed by atoms with E-state index in [4.69, 9.17) is 0 Å². The number of aliphatic carboxylic acids is 1. The summed E-state index contributed by atoms with van der Waals surface area (Å²) in [5.41, 5.74) is 3.56. The maximum atomic E-state index is 12.8. The van der Waals surface area contributed by atoms with Crippen molar-refractivity contribution in [2.24, 2.45) is 11.8 Å². The standard InChI is InChI=1S/C27H27N3O4S2/c1-16-10-12-18(13-11-16)23-15-35-27(29-23)30-24(31)17(2)36-20-7-5-6-19(14-20)28-25(32)21-8-3-4-9-22(21)26(33)34/h3-7,10-15,17,21-22H,8-9H2,1-2H3,(H,28,32)(H,33,34)(H,29,30,31). The average molecular weight is 522 g/mol. The lowest BCUT2D eigenvalue weighted by molar-refractivity contribution is -0.146. The van der Waals surface area contributed by atoms with Gasteiger partial charge in [-0.1, -0.05) is 48.0 Å². The number of nitrogens with zero attached hydrogens (tertiary/aromatic N) is 1. The zero-order valence-corrected chi connectivity index (χ0v) is 21.6. The summed E-state index contributed by atoms with van der Waals surface area (Å²) in [6.07, 6.45) is 4.40. The van der Waals surface area contributed by atoms with Gasteiger partial charge in [-0.05, 0) is 44.9 Å². The van der Waals surface area contributed by atoms with E-state index in [2.05, 4.69) is 15.6 Å². The number of carbonyl (C=O) groups excluding carboxylic acids is 2. The molecular weight excluding hydrogens is 494 g/mol. The molecule has 3 atom stereocenters. The molecule has 1 aliphatic rings. The Kier molecular flexibility index (Phi) is 8.22. The number of benzene rings is 2. The number of thiazole rings is 1. The van der Waals surface area contributed by atoms with E-state index in [0.717, 1.165) is 16.2 Å². The van der Waals surface area contributed by atoms with Gasteiger partial charge in [-0.25, -0.2) is 4.98 Å². The predicted molar refractivity (Wildman–Crippen MR) is 144 cm³/mol. The van der Waals surface area contributed by atoms with Gasteiger partial charge in [0.05, 0.1) is 22.8 Å². The number of thioether (sulfide) groups is 1. The highest BCUT2D eigenvalue weighted by Crippen LogP contribution is 2.30. The molecule has 2 amide bonds. The van der Waals surface area contributed by atoms with Gasteiger partial charge < -0.3 is 15.7 Å². The number of amides is 2. The van der Waals surface area contributed by atoms with Crippen LogP contribution >= 0.6 is 23.1 Å². The van der Waals surface area contributed by atoms with Crippen LogP contribution in [0.25, 0.3) is 11.3 Å². The van der Waals surface area contributed by atoms with E-state index in [1.54, 1.807) is 24.3 Å². The van der Waals surface area contributed by atoms with Gasteiger partial charge >= 0.3 is 5.97 Å². The van der Waals surface area contributed by atoms with E-state index in [-0.39, 0.29) is 11.8 Å². The van der Waals surface area contributed by atoms with Gasteiger partial charge in [0.15, 0.2) is 5.13 Å². The van der Waals surface area contributed by atoms with Gasteiger partial charge in [0.1, 0.15) is 0 Å². The normalized spacial score (nSPS) is 17.8. The fourth-order valence-corrected chi connectivity index (χ4v) is 5.56. The van der Waals surface area contributed by atoms with Crippen molar-refractivity contribution in [2.45, 2.75) is 36.8 Å². The summed E-state index contributed by atoms with van der Waals surface area (Å²) in [6, 6.07) is 15.3. The van der Waals surface area contributed by atoms with Gasteiger partial charge in [0.2, 0.25) is 11.8 Å². The number of nitrogens with one attached hydrogen (secondary N) is 2. The second-order valence-electron chi connectivity index (χ2n) is 8.66. The number of allylic oxidation sites excluding steroid dienone is 2. The second kappa shape index (κ2) is 11.5. The van der Waals surface area contributed by atoms with Crippen LogP contribution in [0.1, 0.15) is 25.3 Å². The fraction of sp³-hybridized carbons (Fsp3) is 0.259. The molecular formula is C27H27N3O4S2. The number of carboxylic acid groups (broad SMARTS) is 1. The van der Waals surface area contributed by atoms with Crippen LogP contribution in [0.5, 0.6) is 0 Å². The van der Waals surface area contributed by atoms with Crippen molar-refractivity contribution >= 4 is 51.7 Å². The number of carbonyl (C=O) groups is 3. The first-order valence-electron chi connectivity index (χ1n) is 11.6. The van der Waals surface area contributed by atoms with Crippen LogP contribution in [0.15, 0.2) is 71.0 Å². The Balaban J connectivity index is 1.35. The van der Waals surface area contributed by atoms with Crippen molar-refractivity contribution in [3.05, 3.63) is 71.6 Å². The maximum Gasteiger partial charge on any atom is 0.307 e. The summed E-state index contributed by atoms with van der Waals surface area (Å²) in [5, 5.41) is 17.2. The van der Waals surface area contributed by atoms with Crippen LogP contribution in [0.4, 0.5) is 10.8 Å². The Morgan fingerprint density at radius 1 is 1.06 bits per heavy atom. The number of aryl methyl sites for hydroxylation is 1. The fourth-order valence-electron chi connectivity index (χ4n) is 3.91. The van der Waals surface area contributed by atoms with Crippen LogP contribution in [-0.2, 0) is 14.4 Å². The van der Waals surface area contributed by atoms with Gasteiger partial charge in [0.25, 0.3) is 0 Å². The third-order valence-corrected chi connectivity index (χ3v) is 7.80. The van der Waals surface area contributed by atoms with Crippen LogP contribution in [0.3, 0.4) is 0 Å². The van der Waals surface area contributed by atoms with Crippen molar-refractivity contribution in [1.82, 2.24) is 4.98 Å². The Morgan fingerprint density at radius 2 is 1.78 bits per heavy atom. The van der Waals surface area contributed by atoms with E-state index in [1.807, 2.05) is 55.6 Å². The van der Waals surface area contributed by atoms with Gasteiger partial charge in [-0.3, -0.25) is 14.4 Å². The molecule has 3 unspecified atom stereocenters. The molecule has 36 heavy (non-hydrogen) atoms. The Hall–Kier alpha value is -3.43. The van der Waals surface area contributed by atoms with Crippen molar-refractivity contribution in [1.29, 1.82) is 0 Å². The van der Waals surface area contributed by atoms with Gasteiger partial charge in [-0.15, -0.1) is 23.1 Å². The summed E-state index contributed by atoms with van der Waals surface area (Å²) in [4.78, 5) is 42.4. The number of carboxylic acids is 1. The van der Waals surface area contributed by atoms with E-state index in [1.165, 1.54) is 28.7 Å². The minimum atomic E-state index is -0.963. The highest BCUT2D eigenvalue weighted by Gasteiger charge is 2.34. The minimum absolute atomic E-state index is 0.169. The highest BCUT2D eigenvalue weighted by atomic mass is 32.2. The lowest BCUT2D eigenvalue weighted by Gasteiger charge is -2.24. The zero-order chi connectivity index (χ0) is 25.7. The number of hydrogen-bond donors (Lipinski definition) is 3. The third-order valence-electron chi connectivity index (χ3n) is 5.95. The molecule has 1 aromatic heterocycles. The van der Waals surface area contributed by atoms with E-state index in [9.17, 15) is 19.5 Å². The largest absolute Gasteiger partial charge is 0.481 e. The summed E-state index contributed by atoms with van der Waals surface area (Å²) in [6.45, 7) is 3.84. The van der Waals surface area contributed by atoms with Crippen molar-refractivity contribution < 1.29 is 19.5 Å². The van der Waals surface area contributed by atoms with E-state index >= 15 is 0 Å². The molecule has 0 aliphatic heterocycles. The molecule has 0 bridgehead atoms. The lowest BCUT2D eigenvalue weighted by Crippen LogP contribution is -2.34. The molecule has 2 aromatic carbocycles. The summed E-state index contributed by atoms with van der Waals surface area (Å²) in [7, 11) is 0. The lowest BCUT2D eigenvalue weighted by atomic mass is 9.82. The van der Waals surface area contributed by atoms with Crippen LogP contribution in [0.2, 0.25) is 0 Å². The van der Waals surface area contributed by atoms with Crippen molar-refractivity contribution in [3.63, 3.8) is 0 Å². The molecule has 7 nitrogen and oxygen atoms in total. The monoisotopic (exact) mass is 521 g/mol. The Morgan fingerprint density at radius 3 is 2.50 bits per heavy atom. The van der Waals surface area contributed by atoms with Gasteiger partial charge in [-0.2, -0.15) is 0 Å². The summed E-state index contributed by atoms with van der Waals surface area (Å²) < 4.78 is 0. The topological polar surface area (TPSA) is 108 Å². The Bertz CT molecular complexity index is 1290. The predicted octanol–water partition coefficient (Wildman–Crippen LogP) is 5.84. The molecule has 9 heteroatoms. The number of aromatic nitrogens is 1. The third kappa shape index (κ3) is 6.41. The molecule has 3 aromatic rings. The first kappa shape index (κ1) is 25.7. The Labute approximate surface area is 218 Å². The van der Waals surface area contributed by atoms with Crippen molar-refractivity contribution in [2.75, 3.05) is 10.6 Å². The summed E-state index contributed by atoms with van der Waals surface area (Å²) >= 11 is 2.75. The van der Waals surface area contributed by atoms with Crippen molar-refractivity contribution in [3.8, 4) is 11.3 Å². The minimum Gasteiger partial charge on any atom is -0.481 e. The number of anilines is 2. The number of hydrogen-bond acceptors (Lipinski definition) is 6. The number of rotatable bonds is 8. The molecule has 0 saturated carbocycles. The first-order chi connectivity index (χ1) is 17.3. The van der Waals surface area contributed by atoms with Crippen LogP contribution in [-0.4, -0.2) is 33.1 Å². The molecule has 0 saturated heterocycles. The molecule has 0 radical (unpaired) electrons. The average Bonchev–Trinajstić information content (AvgIpc) is 3.33. The highest BCUT2D eigenvalue weighted by molar-refractivity contribution is 8.00. The molecule has 4 rings (SSSR count). The molecule has 1 heterocycles. The second-order valence-corrected chi connectivity index (χ2v) is 10.9. The zero-order valence-electron chi connectivity index (χ0n) is 19.9. The smallest absolute Gasteiger partial charge is 0.307 e. The maximum absolute atomic E-state index is 12.8. The van der Waals surface area contributed by atoms with Crippen LogP contribution in [0, 0.1) is 18.8 Å². The van der Waals surface area contributed by atoms with E-state index < -0.39 is 23.1 Å². The quantitative estimate of drug-likeness (QED) is 0.254.